The molecule has 2 heterocycles. The van der Waals surface area contributed by atoms with Crippen LogP contribution in [0.15, 0.2) is 60.7 Å². The first-order valence-corrected chi connectivity index (χ1v) is 6.84. The van der Waals surface area contributed by atoms with Crippen LogP contribution >= 0.6 is 0 Å². The smallest absolute Gasteiger partial charge is 0.166 e. The average Bonchev–Trinajstić information content (AvgIpc) is 2.94. The van der Waals surface area contributed by atoms with Gasteiger partial charge in [-0.2, -0.15) is 5.26 Å². The summed E-state index contributed by atoms with van der Waals surface area (Å²) in [6.07, 6.45) is 0. The zero-order valence-electron chi connectivity index (χ0n) is 11.5. The monoisotopic (exact) mass is 287 g/mol. The number of nitrogens with zero attached hydrogens (tertiary/aromatic N) is 3. The summed E-state index contributed by atoms with van der Waals surface area (Å²) in [7, 11) is 0. The van der Waals surface area contributed by atoms with Crippen LogP contribution in [0.5, 0.6) is 0 Å². The molecule has 0 unspecified atom stereocenters. The summed E-state index contributed by atoms with van der Waals surface area (Å²) in [5.41, 5.74) is 2.83. The van der Waals surface area contributed by atoms with Crippen molar-refractivity contribution in [3.05, 3.63) is 72.2 Å². The van der Waals surface area contributed by atoms with Crippen molar-refractivity contribution >= 4 is 16.4 Å². The van der Waals surface area contributed by atoms with E-state index in [0.717, 1.165) is 22.0 Å². The number of nitriles is 1. The van der Waals surface area contributed by atoms with Gasteiger partial charge in [0.15, 0.2) is 5.69 Å². The number of rotatable bonds is 1. The van der Waals surface area contributed by atoms with Crippen LogP contribution in [0.4, 0.5) is 4.39 Å². The van der Waals surface area contributed by atoms with Crippen molar-refractivity contribution in [2.75, 3.05) is 0 Å². The normalized spacial score (nSPS) is 10.9. The molecular formula is C18H10FN3. The SMILES string of the molecule is N#Cc1nc(-c2ccccc2)n2c1ccc1cc(F)ccc12. The predicted octanol–water partition coefficient (Wildman–Crippen LogP) is 4.17. The van der Waals surface area contributed by atoms with Crippen molar-refractivity contribution in [3.8, 4) is 17.5 Å². The quantitative estimate of drug-likeness (QED) is 0.527. The molecule has 4 aromatic rings. The van der Waals surface area contributed by atoms with Gasteiger partial charge in [-0.05, 0) is 24.3 Å². The summed E-state index contributed by atoms with van der Waals surface area (Å²) >= 11 is 0. The molecule has 0 N–H and O–H groups in total. The highest BCUT2D eigenvalue weighted by Gasteiger charge is 2.14. The molecule has 0 saturated carbocycles. The summed E-state index contributed by atoms with van der Waals surface area (Å²) < 4.78 is 15.4. The maximum atomic E-state index is 13.5. The van der Waals surface area contributed by atoms with Gasteiger partial charge in [-0.25, -0.2) is 9.37 Å². The van der Waals surface area contributed by atoms with E-state index in [9.17, 15) is 9.65 Å². The van der Waals surface area contributed by atoms with Crippen molar-refractivity contribution < 1.29 is 4.39 Å². The van der Waals surface area contributed by atoms with Crippen LogP contribution in [0.3, 0.4) is 0 Å². The van der Waals surface area contributed by atoms with E-state index >= 15 is 0 Å². The lowest BCUT2D eigenvalue weighted by Gasteiger charge is -2.06. The van der Waals surface area contributed by atoms with Crippen LogP contribution in [0.2, 0.25) is 0 Å². The van der Waals surface area contributed by atoms with Gasteiger partial charge in [0, 0.05) is 10.9 Å². The third-order valence-corrected chi connectivity index (χ3v) is 3.70. The van der Waals surface area contributed by atoms with E-state index < -0.39 is 0 Å². The number of pyridine rings is 1. The highest BCUT2D eigenvalue weighted by molar-refractivity contribution is 5.86. The second-order valence-corrected chi connectivity index (χ2v) is 5.02. The molecule has 0 aliphatic heterocycles. The van der Waals surface area contributed by atoms with Crippen molar-refractivity contribution in [2.45, 2.75) is 0 Å². The summed E-state index contributed by atoms with van der Waals surface area (Å²) in [6, 6.07) is 20.0. The third-order valence-electron chi connectivity index (χ3n) is 3.70. The highest BCUT2D eigenvalue weighted by atomic mass is 19.1. The minimum Gasteiger partial charge on any atom is -0.291 e. The molecule has 4 rings (SSSR count). The predicted molar refractivity (Wildman–Crippen MR) is 82.8 cm³/mol. The molecule has 2 aromatic heterocycles. The summed E-state index contributed by atoms with van der Waals surface area (Å²) in [4.78, 5) is 4.46. The molecule has 0 aliphatic carbocycles. The zero-order chi connectivity index (χ0) is 15.1. The highest BCUT2D eigenvalue weighted by Crippen LogP contribution is 2.27. The van der Waals surface area contributed by atoms with Crippen LogP contribution in [-0.4, -0.2) is 9.38 Å². The number of imidazole rings is 1. The van der Waals surface area contributed by atoms with Crippen LogP contribution < -0.4 is 0 Å². The largest absolute Gasteiger partial charge is 0.291 e. The molecule has 0 bridgehead atoms. The van der Waals surface area contributed by atoms with E-state index in [2.05, 4.69) is 11.1 Å². The fraction of sp³-hybridized carbons (Fsp3) is 0. The molecule has 0 amide bonds. The van der Waals surface area contributed by atoms with E-state index in [1.54, 1.807) is 12.1 Å². The molecule has 0 radical (unpaired) electrons. The molecule has 0 atom stereocenters. The van der Waals surface area contributed by atoms with Crippen molar-refractivity contribution in [1.82, 2.24) is 9.38 Å². The van der Waals surface area contributed by atoms with Crippen LogP contribution in [-0.2, 0) is 0 Å². The Labute approximate surface area is 125 Å². The van der Waals surface area contributed by atoms with Gasteiger partial charge >= 0.3 is 0 Å². The Kier molecular flexibility index (Phi) is 2.67. The zero-order valence-corrected chi connectivity index (χ0v) is 11.5. The standard InChI is InChI=1S/C18H10FN3/c19-14-7-9-16-13(10-14)6-8-17-15(11-20)21-18(22(16)17)12-4-2-1-3-5-12/h1-10H. The maximum Gasteiger partial charge on any atom is 0.166 e. The molecule has 0 spiro atoms. The third kappa shape index (κ3) is 1.76. The second-order valence-electron chi connectivity index (χ2n) is 5.02. The van der Waals surface area contributed by atoms with E-state index in [0.29, 0.717) is 11.5 Å². The van der Waals surface area contributed by atoms with Crippen molar-refractivity contribution in [1.29, 1.82) is 5.26 Å². The number of benzene rings is 2. The first-order valence-electron chi connectivity index (χ1n) is 6.84. The van der Waals surface area contributed by atoms with Crippen molar-refractivity contribution in [2.24, 2.45) is 0 Å². The fourth-order valence-electron chi connectivity index (χ4n) is 2.72. The van der Waals surface area contributed by atoms with Gasteiger partial charge in [-0.1, -0.05) is 36.4 Å². The van der Waals surface area contributed by atoms with E-state index in [-0.39, 0.29) is 5.82 Å². The number of halogens is 1. The van der Waals surface area contributed by atoms with Crippen molar-refractivity contribution in [3.63, 3.8) is 0 Å². The number of hydrogen-bond donors (Lipinski definition) is 0. The summed E-state index contributed by atoms with van der Waals surface area (Å²) in [5, 5.41) is 10.1. The number of hydrogen-bond acceptors (Lipinski definition) is 2. The van der Waals surface area contributed by atoms with Crippen LogP contribution in [0.25, 0.3) is 27.8 Å². The Bertz CT molecular complexity index is 1040. The molecule has 2 aromatic carbocycles. The van der Waals surface area contributed by atoms with Crippen LogP contribution in [0, 0.1) is 17.1 Å². The van der Waals surface area contributed by atoms with Gasteiger partial charge in [0.25, 0.3) is 0 Å². The fourth-order valence-corrected chi connectivity index (χ4v) is 2.72. The second kappa shape index (κ2) is 4.68. The molecule has 0 aliphatic rings. The number of aromatic nitrogens is 2. The topological polar surface area (TPSA) is 41.1 Å². The lowest BCUT2D eigenvalue weighted by molar-refractivity contribution is 0.629. The Balaban J connectivity index is 2.19. The Morgan fingerprint density at radius 1 is 0.955 bits per heavy atom. The lowest BCUT2D eigenvalue weighted by Crippen LogP contribution is -1.92. The Hall–Kier alpha value is -3.19. The maximum absolute atomic E-state index is 13.5. The first kappa shape index (κ1) is 12.5. The molecule has 3 nitrogen and oxygen atoms in total. The Morgan fingerprint density at radius 2 is 1.73 bits per heavy atom. The molecule has 22 heavy (non-hydrogen) atoms. The molecule has 0 saturated heterocycles. The molecular weight excluding hydrogens is 277 g/mol. The average molecular weight is 287 g/mol. The first-order chi connectivity index (χ1) is 10.8. The van der Waals surface area contributed by atoms with Gasteiger partial charge in [0.1, 0.15) is 17.7 Å². The van der Waals surface area contributed by atoms with Gasteiger partial charge in [0.05, 0.1) is 11.0 Å². The minimum absolute atomic E-state index is 0.284. The minimum atomic E-state index is -0.284. The lowest BCUT2D eigenvalue weighted by atomic mass is 10.1. The molecule has 4 heteroatoms. The molecule has 0 fully saturated rings. The van der Waals surface area contributed by atoms with Gasteiger partial charge in [-0.15, -0.1) is 0 Å². The summed E-state index contributed by atoms with van der Waals surface area (Å²) in [5.74, 6) is 0.401. The van der Waals surface area contributed by atoms with Gasteiger partial charge in [0.2, 0.25) is 0 Å². The van der Waals surface area contributed by atoms with E-state index in [1.165, 1.54) is 12.1 Å². The molecule has 104 valence electrons. The van der Waals surface area contributed by atoms with E-state index in [1.807, 2.05) is 40.8 Å². The summed E-state index contributed by atoms with van der Waals surface area (Å²) in [6.45, 7) is 0. The Morgan fingerprint density at radius 3 is 2.50 bits per heavy atom. The number of fused-ring (bicyclic) bond motifs is 3. The van der Waals surface area contributed by atoms with E-state index in [4.69, 9.17) is 0 Å². The van der Waals surface area contributed by atoms with Crippen LogP contribution in [0.1, 0.15) is 5.69 Å². The van der Waals surface area contributed by atoms with Gasteiger partial charge in [-0.3, -0.25) is 4.40 Å². The van der Waals surface area contributed by atoms with Gasteiger partial charge < -0.3 is 0 Å².